The Balaban J connectivity index is 1.37. The van der Waals surface area contributed by atoms with Gasteiger partial charge in [-0.05, 0) is 116 Å². The van der Waals surface area contributed by atoms with Gasteiger partial charge in [-0.15, -0.1) is 0 Å². The van der Waals surface area contributed by atoms with Crippen LogP contribution in [0.15, 0.2) is 164 Å². The van der Waals surface area contributed by atoms with Gasteiger partial charge in [-0.2, -0.15) is 0 Å². The summed E-state index contributed by atoms with van der Waals surface area (Å²) in [7, 11) is 0. The fraction of sp³-hybridized carbons (Fsp3) is 0.208. The number of benzene rings is 7. The van der Waals surface area contributed by atoms with E-state index in [4.69, 9.17) is 4.74 Å². The van der Waals surface area contributed by atoms with Crippen molar-refractivity contribution < 1.29 is 4.74 Å². The van der Waals surface area contributed by atoms with Crippen molar-refractivity contribution in [2.45, 2.75) is 70.6 Å². The van der Waals surface area contributed by atoms with Gasteiger partial charge in [0.2, 0.25) is 0 Å². The van der Waals surface area contributed by atoms with Crippen molar-refractivity contribution in [1.82, 2.24) is 0 Å². The van der Waals surface area contributed by atoms with Gasteiger partial charge in [0.05, 0.1) is 5.69 Å². The van der Waals surface area contributed by atoms with E-state index in [1.165, 1.54) is 62.1 Å². The third kappa shape index (κ3) is 5.96. The van der Waals surface area contributed by atoms with Crippen LogP contribution in [-0.2, 0) is 16.2 Å². The maximum Gasteiger partial charge on any atom is 0.129 e. The lowest BCUT2D eigenvalue weighted by Gasteiger charge is -2.43. The second-order valence-corrected chi connectivity index (χ2v) is 17.2. The Morgan fingerprint density at radius 3 is 1.80 bits per heavy atom. The fourth-order valence-electron chi connectivity index (χ4n) is 9.37. The highest BCUT2D eigenvalue weighted by atomic mass is 16.5. The van der Waals surface area contributed by atoms with Crippen LogP contribution in [0.3, 0.4) is 0 Å². The predicted octanol–water partition coefficient (Wildman–Crippen LogP) is 14.9. The molecule has 0 amide bonds. The Labute approximate surface area is 327 Å². The van der Waals surface area contributed by atoms with Gasteiger partial charge in [0.15, 0.2) is 0 Å². The van der Waals surface area contributed by atoms with Gasteiger partial charge >= 0.3 is 0 Å². The molecule has 2 aliphatic rings. The molecule has 0 unspecified atom stereocenters. The summed E-state index contributed by atoms with van der Waals surface area (Å²) < 4.78 is 6.49. The standard InChI is InChI=1S/C53H49NO/c1-51(2)32-33-52(3,4)50-43(27-17-29-46(50)51)49-47(31-30-45-48(49)42-26-13-14-28-44(42)53(45,5)6)54(38-21-15-20-37(34-38)36-18-9-7-10-19-36)39-22-16-25-41(35-39)55-40-23-11-8-12-24-40/h7-31,34-35H,32-33H2,1-6H3. The zero-order valence-corrected chi connectivity index (χ0v) is 32.9. The van der Waals surface area contributed by atoms with Gasteiger partial charge in [0, 0.05) is 28.4 Å². The van der Waals surface area contributed by atoms with Crippen LogP contribution in [0.25, 0.3) is 33.4 Å². The van der Waals surface area contributed by atoms with E-state index in [-0.39, 0.29) is 16.2 Å². The molecule has 0 atom stereocenters. The largest absolute Gasteiger partial charge is 0.457 e. The minimum atomic E-state index is -0.148. The molecule has 0 aromatic heterocycles. The number of nitrogens with zero attached hydrogens (tertiary/aromatic N) is 1. The Hall–Kier alpha value is -5.86. The summed E-state index contributed by atoms with van der Waals surface area (Å²) in [6.45, 7) is 14.5. The smallest absolute Gasteiger partial charge is 0.129 e. The first-order chi connectivity index (χ1) is 26.5. The molecule has 0 fully saturated rings. The molecule has 0 spiro atoms. The summed E-state index contributed by atoms with van der Waals surface area (Å²) in [4.78, 5) is 2.47. The predicted molar refractivity (Wildman–Crippen MR) is 231 cm³/mol. The fourth-order valence-corrected chi connectivity index (χ4v) is 9.37. The number of anilines is 3. The molecule has 0 aliphatic heterocycles. The summed E-state index contributed by atoms with van der Waals surface area (Å²) >= 11 is 0. The summed E-state index contributed by atoms with van der Waals surface area (Å²) in [5.41, 5.74) is 16.5. The van der Waals surface area contributed by atoms with Crippen molar-refractivity contribution in [2.75, 3.05) is 4.90 Å². The van der Waals surface area contributed by atoms with Crippen LogP contribution < -0.4 is 9.64 Å². The minimum Gasteiger partial charge on any atom is -0.457 e. The first-order valence-corrected chi connectivity index (χ1v) is 19.7. The third-order valence-electron chi connectivity index (χ3n) is 12.3. The summed E-state index contributed by atoms with van der Waals surface area (Å²) in [6.07, 6.45) is 2.30. The van der Waals surface area contributed by atoms with Gasteiger partial charge in [0.1, 0.15) is 11.5 Å². The summed E-state index contributed by atoms with van der Waals surface area (Å²) in [6, 6.07) is 59.3. The first-order valence-electron chi connectivity index (χ1n) is 19.7. The van der Waals surface area contributed by atoms with Gasteiger partial charge < -0.3 is 9.64 Å². The summed E-state index contributed by atoms with van der Waals surface area (Å²) in [5.74, 6) is 1.61. The van der Waals surface area contributed by atoms with E-state index in [0.717, 1.165) is 35.0 Å². The van der Waals surface area contributed by atoms with Crippen LogP contribution in [0.2, 0.25) is 0 Å². The van der Waals surface area contributed by atoms with Crippen molar-refractivity contribution in [3.63, 3.8) is 0 Å². The molecule has 55 heavy (non-hydrogen) atoms. The lowest BCUT2D eigenvalue weighted by Crippen LogP contribution is -2.34. The topological polar surface area (TPSA) is 12.5 Å². The number of para-hydroxylation sites is 1. The van der Waals surface area contributed by atoms with Crippen molar-refractivity contribution in [2.24, 2.45) is 0 Å². The molecule has 2 aliphatic carbocycles. The molecule has 7 aromatic rings. The molecular formula is C53H49NO. The number of hydrogen-bond donors (Lipinski definition) is 0. The number of ether oxygens (including phenoxy) is 1. The van der Waals surface area contributed by atoms with Crippen molar-refractivity contribution in [3.05, 3.63) is 186 Å². The van der Waals surface area contributed by atoms with Crippen molar-refractivity contribution in [1.29, 1.82) is 0 Å². The van der Waals surface area contributed by atoms with E-state index in [0.29, 0.717) is 0 Å². The number of hydrogen-bond acceptors (Lipinski definition) is 2. The van der Waals surface area contributed by atoms with Crippen LogP contribution in [0.4, 0.5) is 17.1 Å². The molecule has 0 N–H and O–H groups in total. The van der Waals surface area contributed by atoms with E-state index in [2.05, 4.69) is 180 Å². The quantitative estimate of drug-likeness (QED) is 0.163. The molecule has 0 bridgehead atoms. The van der Waals surface area contributed by atoms with Gasteiger partial charge in [-0.3, -0.25) is 0 Å². The highest BCUT2D eigenvalue weighted by Crippen LogP contribution is 2.59. The minimum absolute atomic E-state index is 0.00340. The van der Waals surface area contributed by atoms with E-state index in [9.17, 15) is 0 Å². The second-order valence-electron chi connectivity index (χ2n) is 17.2. The Morgan fingerprint density at radius 1 is 0.436 bits per heavy atom. The Morgan fingerprint density at radius 2 is 1.02 bits per heavy atom. The number of rotatable bonds is 7. The highest BCUT2D eigenvalue weighted by molar-refractivity contribution is 6.02. The van der Waals surface area contributed by atoms with E-state index in [1.54, 1.807) is 0 Å². The van der Waals surface area contributed by atoms with Crippen LogP contribution in [0, 0.1) is 0 Å². The molecule has 0 heterocycles. The first kappa shape index (κ1) is 34.9. The molecule has 7 aromatic carbocycles. The lowest BCUT2D eigenvalue weighted by atomic mass is 9.61. The Bertz CT molecular complexity index is 2540. The third-order valence-corrected chi connectivity index (χ3v) is 12.3. The molecule has 2 nitrogen and oxygen atoms in total. The molecule has 9 rings (SSSR count). The molecule has 0 saturated carbocycles. The van der Waals surface area contributed by atoms with Crippen LogP contribution in [0.1, 0.15) is 76.6 Å². The van der Waals surface area contributed by atoms with Crippen LogP contribution in [0.5, 0.6) is 11.5 Å². The maximum absolute atomic E-state index is 6.49. The van der Waals surface area contributed by atoms with Crippen LogP contribution >= 0.6 is 0 Å². The maximum atomic E-state index is 6.49. The average molecular weight is 716 g/mol. The van der Waals surface area contributed by atoms with E-state index >= 15 is 0 Å². The van der Waals surface area contributed by atoms with Gasteiger partial charge in [-0.25, -0.2) is 0 Å². The number of fused-ring (bicyclic) bond motifs is 4. The SMILES string of the molecule is CC1(C)CCC(C)(C)c2c(-c3c(N(c4cccc(Oc5ccccc5)c4)c4cccc(-c5ccccc5)c4)ccc4c3-c3ccccc3C4(C)C)cccc21. The highest BCUT2D eigenvalue weighted by Gasteiger charge is 2.42. The normalized spacial score (nSPS) is 15.7. The molecule has 272 valence electrons. The zero-order chi connectivity index (χ0) is 38.0. The molecular weight excluding hydrogens is 667 g/mol. The van der Waals surface area contributed by atoms with Crippen LogP contribution in [-0.4, -0.2) is 0 Å². The van der Waals surface area contributed by atoms with Gasteiger partial charge in [0.25, 0.3) is 0 Å². The Kier molecular flexibility index (Phi) is 8.35. The van der Waals surface area contributed by atoms with Crippen molar-refractivity contribution in [3.8, 4) is 44.9 Å². The zero-order valence-electron chi connectivity index (χ0n) is 32.9. The monoisotopic (exact) mass is 715 g/mol. The molecule has 0 saturated heterocycles. The average Bonchev–Trinajstić information content (AvgIpc) is 3.43. The molecule has 0 radical (unpaired) electrons. The van der Waals surface area contributed by atoms with E-state index in [1.807, 2.05) is 30.3 Å². The van der Waals surface area contributed by atoms with E-state index < -0.39 is 0 Å². The van der Waals surface area contributed by atoms with Crippen molar-refractivity contribution >= 4 is 17.1 Å². The van der Waals surface area contributed by atoms with Gasteiger partial charge in [-0.1, -0.05) is 157 Å². The molecule has 2 heteroatoms. The lowest BCUT2D eigenvalue weighted by molar-refractivity contribution is 0.333. The second kappa shape index (κ2) is 13.2. The summed E-state index contributed by atoms with van der Waals surface area (Å²) in [5, 5.41) is 0.